The number of carbonyl (C=O) groups is 4. The maximum atomic E-state index is 12.7. The first-order valence-corrected chi connectivity index (χ1v) is 16.7. The molecular formula is C38H58N2O12. The number of amides is 2. The van der Waals surface area contributed by atoms with E-state index in [-0.39, 0.29) is 0 Å². The molecule has 0 radical (unpaired) electrons. The van der Waals surface area contributed by atoms with Crippen molar-refractivity contribution in [3.05, 3.63) is 71.8 Å². The Morgan fingerprint density at radius 3 is 1.65 bits per heavy atom. The van der Waals surface area contributed by atoms with E-state index in [1.165, 1.54) is 19.1 Å². The van der Waals surface area contributed by atoms with Gasteiger partial charge in [0.2, 0.25) is 0 Å². The van der Waals surface area contributed by atoms with E-state index in [2.05, 4.69) is 10.1 Å². The fourth-order valence-corrected chi connectivity index (χ4v) is 4.54. The molecule has 1 saturated heterocycles. The predicted molar refractivity (Wildman–Crippen MR) is 193 cm³/mol. The fraction of sp³-hybridized carbons (Fsp3) is 0.579. The standard InChI is InChI=1S/C18H25NO5.C15H21NO5.C5H12O2/c1-17(2,3)24-16(21)19-13(15(20)22-6)14(23-18(19,4)5)12-10-8-7-9-11-12;1-15(2,3)21-14(19)16-11(13(18)20-4)12(17)10-8-6-5-7-9-10;1-5(2,6-3)7-4/h7-11,13-14H,1-6H3;5-9,11-12,17H,1-4H3,(H,16,19);1-4H3/t13-,14+;11-,12+;/m00./s1. The van der Waals surface area contributed by atoms with E-state index in [1.807, 2.05) is 44.2 Å². The number of nitrogens with zero attached hydrogens (tertiary/aromatic N) is 1. The van der Waals surface area contributed by atoms with Crippen LogP contribution in [0.1, 0.15) is 92.6 Å². The molecule has 292 valence electrons. The lowest BCUT2D eigenvalue weighted by atomic mass is 10.0. The number of alkyl carbamates (subject to hydrolysis) is 1. The number of hydrogen-bond donors (Lipinski definition) is 2. The quantitative estimate of drug-likeness (QED) is 0.183. The van der Waals surface area contributed by atoms with Crippen molar-refractivity contribution < 1.29 is 57.4 Å². The summed E-state index contributed by atoms with van der Waals surface area (Å²) in [6, 6.07) is 15.7. The van der Waals surface area contributed by atoms with Crippen LogP contribution in [0.4, 0.5) is 9.59 Å². The number of nitrogens with one attached hydrogen (secondary N) is 1. The van der Waals surface area contributed by atoms with Crippen molar-refractivity contribution in [2.45, 2.75) is 116 Å². The van der Waals surface area contributed by atoms with Crippen LogP contribution in [0.5, 0.6) is 0 Å². The summed E-state index contributed by atoms with van der Waals surface area (Å²) in [6.07, 6.45) is -3.26. The number of aliphatic hydroxyl groups excluding tert-OH is 1. The van der Waals surface area contributed by atoms with Gasteiger partial charge in [-0.25, -0.2) is 19.2 Å². The van der Waals surface area contributed by atoms with Crippen LogP contribution in [-0.2, 0) is 42.7 Å². The summed E-state index contributed by atoms with van der Waals surface area (Å²) >= 11 is 0. The average Bonchev–Trinajstić information content (AvgIpc) is 3.37. The molecular weight excluding hydrogens is 676 g/mol. The minimum atomic E-state index is -1.24. The molecule has 1 aliphatic rings. The van der Waals surface area contributed by atoms with Crippen molar-refractivity contribution >= 4 is 24.1 Å². The van der Waals surface area contributed by atoms with Gasteiger partial charge < -0.3 is 43.6 Å². The Balaban J connectivity index is 0.000000443. The first-order valence-electron chi connectivity index (χ1n) is 16.7. The van der Waals surface area contributed by atoms with Crippen LogP contribution in [0.25, 0.3) is 0 Å². The molecule has 0 saturated carbocycles. The lowest BCUT2D eigenvalue weighted by molar-refractivity contribution is -0.178. The van der Waals surface area contributed by atoms with E-state index < -0.39 is 71.1 Å². The van der Waals surface area contributed by atoms with Crippen molar-refractivity contribution in [2.75, 3.05) is 28.4 Å². The predicted octanol–water partition coefficient (Wildman–Crippen LogP) is 6.07. The van der Waals surface area contributed by atoms with Crippen LogP contribution in [0.3, 0.4) is 0 Å². The second-order valence-electron chi connectivity index (χ2n) is 14.5. The van der Waals surface area contributed by atoms with Gasteiger partial charge in [0.05, 0.1) is 14.2 Å². The Hall–Kier alpha value is -4.24. The lowest BCUT2D eigenvalue weighted by Gasteiger charge is -2.34. The maximum absolute atomic E-state index is 12.7. The summed E-state index contributed by atoms with van der Waals surface area (Å²) in [4.78, 5) is 50.0. The van der Waals surface area contributed by atoms with Crippen LogP contribution >= 0.6 is 0 Å². The normalized spacial score (nSPS) is 17.9. The van der Waals surface area contributed by atoms with Crippen molar-refractivity contribution in [3.63, 3.8) is 0 Å². The summed E-state index contributed by atoms with van der Waals surface area (Å²) < 4.78 is 35.9. The van der Waals surface area contributed by atoms with Crippen LogP contribution < -0.4 is 5.32 Å². The minimum absolute atomic E-state index is 0.417. The minimum Gasteiger partial charge on any atom is -0.467 e. The van der Waals surface area contributed by atoms with Gasteiger partial charge >= 0.3 is 24.1 Å². The van der Waals surface area contributed by atoms with Crippen LogP contribution in [0.2, 0.25) is 0 Å². The summed E-state index contributed by atoms with van der Waals surface area (Å²) in [6.45, 7) is 17.6. The highest BCUT2D eigenvalue weighted by Gasteiger charge is 2.55. The van der Waals surface area contributed by atoms with Gasteiger partial charge in [0.25, 0.3) is 0 Å². The Bertz CT molecular complexity index is 1410. The van der Waals surface area contributed by atoms with E-state index in [1.54, 1.807) is 99.9 Å². The van der Waals surface area contributed by atoms with Gasteiger partial charge in [-0.1, -0.05) is 60.7 Å². The summed E-state index contributed by atoms with van der Waals surface area (Å²) in [5.41, 5.74) is -1.11. The fourth-order valence-electron chi connectivity index (χ4n) is 4.54. The molecule has 2 N–H and O–H groups in total. The molecule has 1 aliphatic heterocycles. The molecule has 0 aliphatic carbocycles. The van der Waals surface area contributed by atoms with Crippen LogP contribution in [-0.4, -0.2) is 97.4 Å². The molecule has 2 aromatic rings. The largest absolute Gasteiger partial charge is 0.467 e. The average molecular weight is 735 g/mol. The van der Waals surface area contributed by atoms with Crippen molar-refractivity contribution in [1.82, 2.24) is 10.2 Å². The van der Waals surface area contributed by atoms with Crippen molar-refractivity contribution in [2.24, 2.45) is 0 Å². The highest BCUT2D eigenvalue weighted by Crippen LogP contribution is 2.42. The Morgan fingerprint density at radius 2 is 1.25 bits per heavy atom. The van der Waals surface area contributed by atoms with E-state index >= 15 is 0 Å². The zero-order valence-electron chi connectivity index (χ0n) is 33.0. The molecule has 4 atom stereocenters. The van der Waals surface area contributed by atoms with Gasteiger partial charge in [-0.2, -0.15) is 0 Å². The molecule has 52 heavy (non-hydrogen) atoms. The van der Waals surface area contributed by atoms with Gasteiger partial charge in [-0.3, -0.25) is 4.90 Å². The summed E-state index contributed by atoms with van der Waals surface area (Å²) in [7, 11) is 5.71. The first-order chi connectivity index (χ1) is 23.9. The van der Waals surface area contributed by atoms with Gasteiger partial charge in [-0.05, 0) is 80.4 Å². The third kappa shape index (κ3) is 14.8. The number of ether oxygens (including phenoxy) is 7. The zero-order chi connectivity index (χ0) is 40.1. The molecule has 0 unspecified atom stereocenters. The molecule has 0 spiro atoms. The van der Waals surface area contributed by atoms with Gasteiger partial charge in [0.15, 0.2) is 17.9 Å². The molecule has 1 fully saturated rings. The zero-order valence-corrected chi connectivity index (χ0v) is 33.0. The number of rotatable bonds is 8. The Labute approximate surface area is 308 Å². The number of aliphatic hydroxyl groups is 1. The van der Waals surface area contributed by atoms with Crippen LogP contribution in [0.15, 0.2) is 60.7 Å². The van der Waals surface area contributed by atoms with Gasteiger partial charge in [-0.15, -0.1) is 0 Å². The van der Waals surface area contributed by atoms with Gasteiger partial charge in [0.1, 0.15) is 29.1 Å². The number of benzene rings is 2. The third-order valence-corrected chi connectivity index (χ3v) is 7.29. The number of esters is 2. The topological polar surface area (TPSA) is 168 Å². The second kappa shape index (κ2) is 19.6. The molecule has 0 bridgehead atoms. The maximum Gasteiger partial charge on any atom is 0.413 e. The SMILES string of the molecule is COC(=O)[C@@H](NC(=O)OC(C)(C)C)[C@H](O)c1ccccc1.COC(=O)[C@@H]1[C@@H](c2ccccc2)OC(C)(C)N1C(=O)OC(C)(C)C.COC(C)(C)OC. The second-order valence-corrected chi connectivity index (χ2v) is 14.5. The van der Waals surface area contributed by atoms with Gasteiger partial charge in [0, 0.05) is 14.2 Å². The highest BCUT2D eigenvalue weighted by molar-refractivity contribution is 5.84. The number of hydrogen-bond acceptors (Lipinski definition) is 12. The monoisotopic (exact) mass is 734 g/mol. The molecule has 3 rings (SSSR count). The van der Waals surface area contributed by atoms with E-state index in [0.717, 1.165) is 5.56 Å². The number of methoxy groups -OCH3 is 4. The first kappa shape index (κ1) is 45.8. The van der Waals surface area contributed by atoms with E-state index in [0.29, 0.717) is 5.56 Å². The Kier molecular flexibility index (Phi) is 17.2. The molecule has 2 aromatic carbocycles. The lowest BCUT2D eigenvalue weighted by Crippen LogP contribution is -2.52. The molecule has 14 heteroatoms. The summed E-state index contributed by atoms with van der Waals surface area (Å²) in [5, 5.41) is 12.6. The molecule has 14 nitrogen and oxygen atoms in total. The Morgan fingerprint density at radius 1 is 0.769 bits per heavy atom. The molecule has 1 heterocycles. The molecule has 2 amide bonds. The smallest absolute Gasteiger partial charge is 0.413 e. The van der Waals surface area contributed by atoms with E-state index in [9.17, 15) is 24.3 Å². The summed E-state index contributed by atoms with van der Waals surface area (Å²) in [5.74, 6) is -1.71. The van der Waals surface area contributed by atoms with Crippen molar-refractivity contribution in [1.29, 1.82) is 0 Å². The van der Waals surface area contributed by atoms with E-state index in [4.69, 9.17) is 28.4 Å². The number of carbonyl (C=O) groups excluding carboxylic acids is 4. The van der Waals surface area contributed by atoms with Crippen molar-refractivity contribution in [3.8, 4) is 0 Å². The highest BCUT2D eigenvalue weighted by atomic mass is 16.7. The van der Waals surface area contributed by atoms with Crippen LogP contribution in [0, 0.1) is 0 Å². The molecule has 0 aromatic heterocycles. The third-order valence-electron chi connectivity index (χ3n) is 7.29.